The summed E-state index contributed by atoms with van der Waals surface area (Å²) in [5.74, 6) is -1.39. The molecular weight excluding hydrogens is 241 g/mol. The minimum Gasteiger partial charge on any atom is -0.633 e. The highest BCUT2D eigenvalue weighted by atomic mass is 31.2. The predicted octanol–water partition coefficient (Wildman–Crippen LogP) is -5.71. The van der Waals surface area contributed by atoms with Gasteiger partial charge in [0, 0.05) is 0 Å². The molecule has 0 aromatic rings. The van der Waals surface area contributed by atoms with Gasteiger partial charge in [-0.3, -0.25) is 4.57 Å². The maximum Gasteiger partial charge on any atom is 0.379 e. The van der Waals surface area contributed by atoms with Gasteiger partial charge in [-0.25, -0.2) is 4.79 Å². The molecule has 98 valence electrons. The first kappa shape index (κ1) is 29.3. The monoisotopic (exact) mass is 257 g/mol. The topological polar surface area (TPSA) is 248 Å². The molecule has 0 radical (unpaired) electrons. The van der Waals surface area contributed by atoms with E-state index in [1.807, 2.05) is 0 Å². The molecule has 12 heteroatoms. The van der Waals surface area contributed by atoms with Crippen LogP contribution in [-0.4, -0.2) is 55.6 Å². The number of carboxylic acids is 1. The zero-order valence-corrected chi connectivity index (χ0v) is 8.32. The van der Waals surface area contributed by atoms with Crippen LogP contribution in [0.25, 0.3) is 0 Å². The first-order valence-corrected chi connectivity index (χ1v) is 4.39. The summed E-state index contributed by atoms with van der Waals surface area (Å²) in [5.41, 5.74) is 0. The van der Waals surface area contributed by atoms with Crippen LogP contribution in [0.1, 0.15) is 0 Å². The average molecular weight is 257 g/mol. The summed E-state index contributed by atoms with van der Waals surface area (Å²) in [6.45, 7) is -0.842. The van der Waals surface area contributed by atoms with Crippen LogP contribution in [0, 0.1) is 5.21 Å². The van der Waals surface area contributed by atoms with Crippen molar-refractivity contribution in [3.8, 4) is 0 Å². The van der Waals surface area contributed by atoms with Crippen molar-refractivity contribution in [3.63, 3.8) is 0 Å². The SMILES string of the molecule is O.O.O.O.O=C(O)C[NH+]([O-])CP(=O)(O)O. The first-order valence-electron chi connectivity index (χ1n) is 2.59. The van der Waals surface area contributed by atoms with Gasteiger partial charge in [0.25, 0.3) is 0 Å². The minimum absolute atomic E-state index is 0. The summed E-state index contributed by atoms with van der Waals surface area (Å²) in [6, 6.07) is 0. The van der Waals surface area contributed by atoms with E-state index in [4.69, 9.17) is 14.9 Å². The molecular formula is C3H16NO10P. The molecule has 1 atom stereocenters. The Hall–Kier alpha value is -0.620. The number of hydrogen-bond donors (Lipinski definition) is 4. The Bertz CT molecular complexity index is 189. The molecule has 0 bridgehead atoms. The summed E-state index contributed by atoms with van der Waals surface area (Å²) >= 11 is 0. The van der Waals surface area contributed by atoms with Crippen molar-refractivity contribution in [1.82, 2.24) is 0 Å². The Morgan fingerprint density at radius 3 is 1.73 bits per heavy atom. The van der Waals surface area contributed by atoms with Gasteiger partial charge in [0.15, 0.2) is 12.8 Å². The molecule has 11 nitrogen and oxygen atoms in total. The number of quaternary nitrogens is 1. The summed E-state index contributed by atoms with van der Waals surface area (Å²) in [6.07, 6.45) is -1.00. The van der Waals surface area contributed by atoms with Crippen LogP contribution >= 0.6 is 7.60 Å². The van der Waals surface area contributed by atoms with Gasteiger partial charge in [-0.15, -0.1) is 0 Å². The molecule has 0 aromatic heterocycles. The Morgan fingerprint density at radius 1 is 1.20 bits per heavy atom. The van der Waals surface area contributed by atoms with Crippen molar-refractivity contribution in [1.29, 1.82) is 0 Å². The molecule has 0 spiro atoms. The summed E-state index contributed by atoms with van der Waals surface area (Å²) in [5, 5.41) is 17.4. The third kappa shape index (κ3) is 24.7. The van der Waals surface area contributed by atoms with Crippen molar-refractivity contribution in [2.45, 2.75) is 0 Å². The number of nitrogens with one attached hydrogen (secondary N) is 1. The van der Waals surface area contributed by atoms with E-state index in [1.165, 1.54) is 0 Å². The average Bonchev–Trinajstić information content (AvgIpc) is 1.53. The van der Waals surface area contributed by atoms with E-state index in [0.717, 1.165) is 0 Å². The van der Waals surface area contributed by atoms with Crippen LogP contribution in [0.5, 0.6) is 0 Å². The van der Waals surface area contributed by atoms with E-state index in [9.17, 15) is 14.6 Å². The summed E-state index contributed by atoms with van der Waals surface area (Å²) < 4.78 is 10.1. The lowest BCUT2D eigenvalue weighted by molar-refractivity contribution is -0.828. The summed E-state index contributed by atoms with van der Waals surface area (Å²) in [4.78, 5) is 26.2. The highest BCUT2D eigenvalue weighted by Crippen LogP contribution is 2.30. The molecule has 0 aliphatic rings. The lowest BCUT2D eigenvalue weighted by atomic mass is 10.7. The van der Waals surface area contributed by atoms with Gasteiger partial charge in [-0.1, -0.05) is 0 Å². The minimum atomic E-state index is -4.39. The molecule has 12 N–H and O–H groups in total. The number of rotatable bonds is 4. The highest BCUT2D eigenvalue weighted by Gasteiger charge is 2.19. The van der Waals surface area contributed by atoms with E-state index in [2.05, 4.69) is 0 Å². The van der Waals surface area contributed by atoms with Crippen LogP contribution < -0.4 is 5.06 Å². The fourth-order valence-corrected chi connectivity index (χ4v) is 1.03. The number of aliphatic carboxylic acids is 1. The fraction of sp³-hybridized carbons (Fsp3) is 0.667. The van der Waals surface area contributed by atoms with Crippen LogP contribution in [0.2, 0.25) is 0 Å². The molecule has 0 aliphatic heterocycles. The lowest BCUT2D eigenvalue weighted by Crippen LogP contribution is -3.08. The molecule has 0 saturated heterocycles. The maximum atomic E-state index is 10.4. The maximum absolute atomic E-state index is 10.4. The molecule has 0 aromatic carbocycles. The van der Waals surface area contributed by atoms with E-state index in [0.29, 0.717) is 0 Å². The largest absolute Gasteiger partial charge is 0.633 e. The Kier molecular flexibility index (Phi) is 22.3. The van der Waals surface area contributed by atoms with Crippen molar-refractivity contribution in [3.05, 3.63) is 5.21 Å². The van der Waals surface area contributed by atoms with E-state index in [1.54, 1.807) is 0 Å². The third-order valence-electron chi connectivity index (χ3n) is 0.731. The third-order valence-corrected chi connectivity index (χ3v) is 1.50. The normalized spacial score (nSPS) is 10.6. The lowest BCUT2D eigenvalue weighted by Gasteiger charge is -2.19. The first-order chi connectivity index (χ1) is 4.81. The van der Waals surface area contributed by atoms with Crippen molar-refractivity contribution in [2.24, 2.45) is 0 Å². The van der Waals surface area contributed by atoms with E-state index in [-0.39, 0.29) is 21.9 Å². The Balaban J connectivity index is -0.0000000833. The van der Waals surface area contributed by atoms with Crippen LogP contribution in [0.15, 0.2) is 0 Å². The van der Waals surface area contributed by atoms with Crippen molar-refractivity contribution >= 4 is 13.6 Å². The molecule has 0 saturated carbocycles. The molecule has 0 amide bonds. The second-order valence-electron chi connectivity index (χ2n) is 1.93. The van der Waals surface area contributed by atoms with Gasteiger partial charge in [-0.05, 0) is 0 Å². The molecule has 15 heavy (non-hydrogen) atoms. The predicted molar refractivity (Wildman–Crippen MR) is 48.2 cm³/mol. The van der Waals surface area contributed by atoms with E-state index < -0.39 is 31.5 Å². The zero-order chi connectivity index (χ0) is 9.07. The Labute approximate surface area is 83.9 Å². The molecule has 0 aliphatic carbocycles. The molecule has 1 unspecified atom stereocenters. The zero-order valence-electron chi connectivity index (χ0n) is 7.43. The van der Waals surface area contributed by atoms with Crippen LogP contribution in [0.4, 0.5) is 0 Å². The van der Waals surface area contributed by atoms with E-state index >= 15 is 0 Å². The van der Waals surface area contributed by atoms with Gasteiger partial charge in [0.1, 0.15) is 0 Å². The van der Waals surface area contributed by atoms with Crippen molar-refractivity contribution < 1.29 is 51.2 Å². The standard InChI is InChI=1S/C3H8NO6P.4H2O/c5-3(6)1-4(7)2-11(8,9)10;;;;/h4H,1-2H2,(H,5,6)(H2,8,9,10);4*1H2. The van der Waals surface area contributed by atoms with Gasteiger partial charge in [0.2, 0.25) is 0 Å². The van der Waals surface area contributed by atoms with Crippen LogP contribution in [-0.2, 0) is 9.36 Å². The number of carbonyl (C=O) groups is 1. The second-order valence-corrected chi connectivity index (χ2v) is 3.58. The van der Waals surface area contributed by atoms with Gasteiger partial charge >= 0.3 is 13.6 Å². The number of hydrogen-bond acceptors (Lipinski definition) is 3. The van der Waals surface area contributed by atoms with Crippen LogP contribution in [0.3, 0.4) is 0 Å². The molecule has 0 rings (SSSR count). The molecule has 0 fully saturated rings. The van der Waals surface area contributed by atoms with Gasteiger partial charge in [-0.2, -0.15) is 0 Å². The smallest absolute Gasteiger partial charge is 0.379 e. The summed E-state index contributed by atoms with van der Waals surface area (Å²) in [7, 11) is -4.39. The fourth-order valence-electron chi connectivity index (χ4n) is 0.454. The second kappa shape index (κ2) is 11.5. The highest BCUT2D eigenvalue weighted by molar-refractivity contribution is 7.51. The number of carboxylic acid groups (broad SMARTS) is 1. The quantitative estimate of drug-likeness (QED) is 0.281. The van der Waals surface area contributed by atoms with Gasteiger partial charge in [0.05, 0.1) is 0 Å². The van der Waals surface area contributed by atoms with Gasteiger partial charge < -0.3 is 47.1 Å². The Morgan fingerprint density at radius 2 is 1.53 bits per heavy atom. The number of hydroxylamine groups is 2. The van der Waals surface area contributed by atoms with Crippen molar-refractivity contribution in [2.75, 3.05) is 12.8 Å². The molecule has 0 heterocycles.